The Morgan fingerprint density at radius 2 is 1.65 bits per heavy atom. The molecule has 0 saturated heterocycles. The van der Waals surface area contributed by atoms with E-state index in [1.54, 1.807) is 18.2 Å². The normalized spacial score (nSPS) is 18.2. The molecule has 2 amide bonds. The summed E-state index contributed by atoms with van der Waals surface area (Å²) in [7, 11) is 1.34. The van der Waals surface area contributed by atoms with Crippen LogP contribution in [0.2, 0.25) is 5.02 Å². The molecular weight excluding hydrogens is 647 g/mol. The fourth-order valence-corrected chi connectivity index (χ4v) is 6.90. The maximum Gasteiger partial charge on any atom is 0.309 e. The largest absolute Gasteiger partial charge is 0.496 e. The second-order valence-corrected chi connectivity index (χ2v) is 13.7. The lowest BCUT2D eigenvalue weighted by molar-refractivity contribution is -0.151. The van der Waals surface area contributed by atoms with Crippen LogP contribution in [0.15, 0.2) is 72.8 Å². The van der Waals surface area contributed by atoms with Crippen LogP contribution in [0.5, 0.6) is 11.5 Å². The number of benzene rings is 4. The number of ether oxygens (including phenoxy) is 3. The molecular formula is C39H40ClFN2O6. The van der Waals surface area contributed by atoms with Gasteiger partial charge in [0.2, 0.25) is 0 Å². The van der Waals surface area contributed by atoms with Crippen LogP contribution in [0.1, 0.15) is 78.1 Å². The fraction of sp³-hybridized carbons (Fsp3) is 0.359. The molecule has 8 nitrogen and oxygen atoms in total. The summed E-state index contributed by atoms with van der Waals surface area (Å²) in [6.45, 7) is 2.82. The number of rotatable bonds is 11. The Kier molecular flexibility index (Phi) is 10.4. The third kappa shape index (κ3) is 7.83. The molecule has 2 aliphatic rings. The Morgan fingerprint density at radius 1 is 0.918 bits per heavy atom. The molecule has 6 rings (SSSR count). The van der Waals surface area contributed by atoms with Gasteiger partial charge >= 0.3 is 5.97 Å². The fourth-order valence-electron chi connectivity index (χ4n) is 6.64. The lowest BCUT2D eigenvalue weighted by atomic mass is 9.70. The van der Waals surface area contributed by atoms with Crippen LogP contribution in [0.3, 0.4) is 0 Å². The molecule has 49 heavy (non-hydrogen) atoms. The first-order valence-electron chi connectivity index (χ1n) is 16.7. The van der Waals surface area contributed by atoms with Crippen molar-refractivity contribution >= 4 is 45.8 Å². The molecule has 4 aromatic rings. The summed E-state index contributed by atoms with van der Waals surface area (Å²) < 4.78 is 32.3. The molecule has 2 saturated carbocycles. The van der Waals surface area contributed by atoms with Gasteiger partial charge in [-0.3, -0.25) is 14.4 Å². The van der Waals surface area contributed by atoms with E-state index in [1.165, 1.54) is 13.2 Å². The zero-order chi connectivity index (χ0) is 34.5. The van der Waals surface area contributed by atoms with E-state index in [9.17, 15) is 14.4 Å². The van der Waals surface area contributed by atoms with Gasteiger partial charge < -0.3 is 24.8 Å². The van der Waals surface area contributed by atoms with Gasteiger partial charge in [-0.25, -0.2) is 4.39 Å². The second-order valence-electron chi connectivity index (χ2n) is 13.3. The number of carbonyl (C=O) groups excluding carboxylic acids is 3. The number of methoxy groups -OCH3 is 1. The zero-order valence-electron chi connectivity index (χ0n) is 27.7. The zero-order valence-corrected chi connectivity index (χ0v) is 28.4. The van der Waals surface area contributed by atoms with Crippen molar-refractivity contribution in [3.05, 3.63) is 100 Å². The molecule has 0 aromatic heterocycles. The van der Waals surface area contributed by atoms with Crippen LogP contribution in [0.25, 0.3) is 10.8 Å². The van der Waals surface area contributed by atoms with Crippen LogP contribution in [0, 0.1) is 17.2 Å². The van der Waals surface area contributed by atoms with Crippen molar-refractivity contribution in [1.82, 2.24) is 5.32 Å². The quantitative estimate of drug-likeness (QED) is 0.153. The first-order valence-corrected chi connectivity index (χ1v) is 17.1. The van der Waals surface area contributed by atoms with Gasteiger partial charge in [0.05, 0.1) is 41.0 Å². The van der Waals surface area contributed by atoms with Crippen molar-refractivity contribution in [2.45, 2.75) is 64.6 Å². The van der Waals surface area contributed by atoms with Crippen molar-refractivity contribution in [2.24, 2.45) is 11.3 Å². The third-order valence-electron chi connectivity index (χ3n) is 9.77. The molecule has 0 spiro atoms. The molecule has 0 bridgehead atoms. The average Bonchev–Trinajstić information content (AvgIpc) is 3.09. The third-order valence-corrected chi connectivity index (χ3v) is 10.1. The van der Waals surface area contributed by atoms with Crippen molar-refractivity contribution in [1.29, 1.82) is 0 Å². The monoisotopic (exact) mass is 686 g/mol. The highest BCUT2D eigenvalue weighted by atomic mass is 35.5. The van der Waals surface area contributed by atoms with Crippen LogP contribution >= 0.6 is 11.6 Å². The smallest absolute Gasteiger partial charge is 0.309 e. The summed E-state index contributed by atoms with van der Waals surface area (Å²) in [4.78, 5) is 39.7. The predicted octanol–water partition coefficient (Wildman–Crippen LogP) is 8.49. The van der Waals surface area contributed by atoms with Gasteiger partial charge in [-0.1, -0.05) is 73.5 Å². The molecule has 0 atom stereocenters. The average molecular weight is 687 g/mol. The number of hydrogen-bond donors (Lipinski definition) is 2. The molecule has 2 aliphatic carbocycles. The molecule has 2 fully saturated rings. The summed E-state index contributed by atoms with van der Waals surface area (Å²) in [5.41, 5.74) is 1.39. The number of anilines is 1. The molecule has 0 radical (unpaired) electrons. The van der Waals surface area contributed by atoms with Crippen molar-refractivity contribution in [2.75, 3.05) is 19.0 Å². The van der Waals surface area contributed by atoms with Gasteiger partial charge in [-0.05, 0) is 78.5 Å². The van der Waals surface area contributed by atoms with E-state index in [0.29, 0.717) is 32.2 Å². The standard InChI is InChI=1S/C39H40ClFN2O6/c1-39(18-7-19-39)23-42-37(45)35-30(40)12-6-13-32(35)43-36(44)29-20-34(31(41)21-33(29)47-2)49-27-16-14-25(15-17-27)38(46)48-22-26-10-5-9-24-8-3-4-11-28(24)26/h3-6,8-13,20-21,25,27H,7,14-19,22-23H2,1-2H3,(H,42,45)(H,43,44). The molecule has 0 aliphatic heterocycles. The minimum atomic E-state index is -0.683. The summed E-state index contributed by atoms with van der Waals surface area (Å²) >= 11 is 6.43. The summed E-state index contributed by atoms with van der Waals surface area (Å²) in [5, 5.41) is 8.04. The lowest BCUT2D eigenvalue weighted by Crippen LogP contribution is -2.40. The van der Waals surface area contributed by atoms with E-state index in [0.717, 1.165) is 41.7 Å². The van der Waals surface area contributed by atoms with E-state index in [2.05, 4.69) is 17.6 Å². The van der Waals surface area contributed by atoms with Crippen LogP contribution < -0.4 is 20.1 Å². The van der Waals surface area contributed by atoms with Crippen molar-refractivity contribution in [3.63, 3.8) is 0 Å². The van der Waals surface area contributed by atoms with Crippen LogP contribution in [0.4, 0.5) is 10.1 Å². The van der Waals surface area contributed by atoms with E-state index < -0.39 is 17.6 Å². The lowest BCUT2D eigenvalue weighted by Gasteiger charge is -2.38. The summed E-state index contributed by atoms with van der Waals surface area (Å²) in [6, 6.07) is 21.1. The number of hydrogen-bond acceptors (Lipinski definition) is 6. The molecule has 4 aromatic carbocycles. The molecule has 2 N–H and O–H groups in total. The van der Waals surface area contributed by atoms with Gasteiger partial charge in [0.1, 0.15) is 12.4 Å². The Labute approximate surface area is 290 Å². The number of carbonyl (C=O) groups is 3. The van der Waals surface area contributed by atoms with E-state index in [-0.39, 0.29) is 63.3 Å². The number of esters is 1. The van der Waals surface area contributed by atoms with Gasteiger partial charge in [-0.15, -0.1) is 0 Å². The maximum atomic E-state index is 15.2. The second kappa shape index (κ2) is 14.9. The molecule has 10 heteroatoms. The Hall–Kier alpha value is -4.63. The van der Waals surface area contributed by atoms with Gasteiger partial charge in [0, 0.05) is 12.6 Å². The number of fused-ring (bicyclic) bond motifs is 1. The van der Waals surface area contributed by atoms with Gasteiger partial charge in [0.15, 0.2) is 11.6 Å². The maximum absolute atomic E-state index is 15.2. The molecule has 256 valence electrons. The minimum absolute atomic E-state index is 0.00550. The van der Waals surface area contributed by atoms with Gasteiger partial charge in [-0.2, -0.15) is 0 Å². The first-order chi connectivity index (χ1) is 23.6. The Morgan fingerprint density at radius 3 is 2.39 bits per heavy atom. The van der Waals surface area contributed by atoms with Gasteiger partial charge in [0.25, 0.3) is 11.8 Å². The summed E-state index contributed by atoms with van der Waals surface area (Å²) in [5.74, 6) is -2.34. The van der Waals surface area contributed by atoms with Crippen LogP contribution in [-0.2, 0) is 16.1 Å². The molecule has 0 heterocycles. The predicted molar refractivity (Wildman–Crippen MR) is 187 cm³/mol. The number of halogens is 2. The number of nitrogens with one attached hydrogen (secondary N) is 2. The summed E-state index contributed by atoms with van der Waals surface area (Å²) in [6.07, 6.45) is 4.94. The number of amides is 2. The Bertz CT molecular complexity index is 1860. The van der Waals surface area contributed by atoms with Crippen molar-refractivity contribution < 1.29 is 33.0 Å². The highest BCUT2D eigenvalue weighted by molar-refractivity contribution is 6.35. The minimum Gasteiger partial charge on any atom is -0.496 e. The first kappa shape index (κ1) is 34.2. The van der Waals surface area contributed by atoms with E-state index in [1.807, 2.05) is 42.5 Å². The van der Waals surface area contributed by atoms with E-state index in [4.69, 9.17) is 25.8 Å². The SMILES string of the molecule is COc1cc(F)c(OC2CCC(C(=O)OCc3cccc4ccccc34)CC2)cc1C(=O)Nc1cccc(Cl)c1C(=O)NCC1(C)CCC1. The highest BCUT2D eigenvalue weighted by Crippen LogP contribution is 2.40. The van der Waals surface area contributed by atoms with Crippen LogP contribution in [-0.4, -0.2) is 37.5 Å². The van der Waals surface area contributed by atoms with Crippen molar-refractivity contribution in [3.8, 4) is 11.5 Å². The van der Waals surface area contributed by atoms with E-state index >= 15 is 4.39 Å². The Balaban J connectivity index is 1.08. The highest BCUT2D eigenvalue weighted by Gasteiger charge is 2.33. The molecule has 0 unspecified atom stereocenters. The topological polar surface area (TPSA) is 103 Å².